The summed E-state index contributed by atoms with van der Waals surface area (Å²) in [5.74, 6) is 0.560. The third-order valence-electron chi connectivity index (χ3n) is 3.18. The van der Waals surface area contributed by atoms with Gasteiger partial charge in [-0.05, 0) is 43.7 Å². The number of amides is 1. The number of para-hydroxylation sites is 1. The summed E-state index contributed by atoms with van der Waals surface area (Å²) < 4.78 is 0. The highest BCUT2D eigenvalue weighted by molar-refractivity contribution is 7.17. The van der Waals surface area contributed by atoms with E-state index in [1.54, 1.807) is 6.20 Å². The minimum Gasteiger partial charge on any atom is -0.321 e. The van der Waals surface area contributed by atoms with Crippen molar-refractivity contribution in [3.63, 3.8) is 0 Å². The Morgan fingerprint density at radius 3 is 2.65 bits per heavy atom. The van der Waals surface area contributed by atoms with Crippen LogP contribution in [-0.2, 0) is 0 Å². The molecule has 0 bridgehead atoms. The first-order chi connectivity index (χ1) is 11.1. The van der Waals surface area contributed by atoms with Crippen LogP contribution in [-0.4, -0.2) is 15.9 Å². The lowest BCUT2D eigenvalue weighted by Crippen LogP contribution is -2.11. The van der Waals surface area contributed by atoms with Gasteiger partial charge in [-0.1, -0.05) is 29.5 Å². The molecule has 0 aliphatic heterocycles. The Morgan fingerprint density at radius 2 is 1.91 bits per heavy atom. The van der Waals surface area contributed by atoms with E-state index in [0.29, 0.717) is 21.5 Å². The number of aromatic nitrogens is 2. The van der Waals surface area contributed by atoms with E-state index in [4.69, 9.17) is 0 Å². The maximum Gasteiger partial charge on any atom is 0.267 e. The van der Waals surface area contributed by atoms with Gasteiger partial charge in [-0.15, -0.1) is 0 Å². The third kappa shape index (κ3) is 3.73. The first kappa shape index (κ1) is 15.2. The van der Waals surface area contributed by atoms with E-state index >= 15 is 0 Å². The van der Waals surface area contributed by atoms with Gasteiger partial charge in [0.25, 0.3) is 5.91 Å². The summed E-state index contributed by atoms with van der Waals surface area (Å²) in [6.45, 7) is 3.82. The number of aryl methyl sites for hydroxylation is 2. The summed E-state index contributed by atoms with van der Waals surface area (Å²) in [6, 6.07) is 13.2. The Morgan fingerprint density at radius 1 is 1.13 bits per heavy atom. The van der Waals surface area contributed by atoms with Crippen LogP contribution in [0.25, 0.3) is 0 Å². The van der Waals surface area contributed by atoms with Gasteiger partial charge in [0.2, 0.25) is 0 Å². The van der Waals surface area contributed by atoms with E-state index in [1.807, 2.05) is 56.3 Å². The van der Waals surface area contributed by atoms with E-state index in [0.717, 1.165) is 11.3 Å². The second-order valence-corrected chi connectivity index (χ2v) is 6.10. The quantitative estimate of drug-likeness (QED) is 0.756. The fourth-order valence-corrected chi connectivity index (χ4v) is 2.95. The van der Waals surface area contributed by atoms with Crippen molar-refractivity contribution in [1.82, 2.24) is 9.97 Å². The van der Waals surface area contributed by atoms with Crippen molar-refractivity contribution in [2.45, 2.75) is 13.8 Å². The van der Waals surface area contributed by atoms with Gasteiger partial charge in [-0.3, -0.25) is 4.79 Å². The predicted octanol–water partition coefficient (Wildman–Crippen LogP) is 4.15. The second kappa shape index (κ2) is 6.58. The number of nitrogens with zero attached hydrogens (tertiary/aromatic N) is 2. The average molecular weight is 324 g/mol. The number of hydrogen-bond donors (Lipinski definition) is 2. The molecule has 0 aliphatic rings. The number of anilines is 3. The van der Waals surface area contributed by atoms with Crippen LogP contribution < -0.4 is 10.6 Å². The molecule has 2 N–H and O–H groups in total. The van der Waals surface area contributed by atoms with Crippen LogP contribution in [0.2, 0.25) is 0 Å². The van der Waals surface area contributed by atoms with Crippen LogP contribution in [0.15, 0.2) is 48.7 Å². The lowest BCUT2D eigenvalue weighted by Gasteiger charge is -2.03. The molecule has 6 heteroatoms. The number of thiazole rings is 1. The predicted molar refractivity (Wildman–Crippen MR) is 93.5 cm³/mol. The molecule has 5 nitrogen and oxygen atoms in total. The van der Waals surface area contributed by atoms with Crippen molar-refractivity contribution in [3.05, 3.63) is 64.8 Å². The standard InChI is InChI=1S/C17H16N4OS/c1-11-8-9-18-14(10-11)21-17-19-12(2)15(23-17)16(22)20-13-6-4-3-5-7-13/h3-10H,1-2H3,(H,20,22)(H,18,19,21). The van der Waals surface area contributed by atoms with Crippen molar-refractivity contribution in [3.8, 4) is 0 Å². The molecular formula is C17H16N4OS. The molecule has 23 heavy (non-hydrogen) atoms. The third-order valence-corrected chi connectivity index (χ3v) is 4.26. The molecule has 0 aliphatic carbocycles. The molecule has 2 heterocycles. The summed E-state index contributed by atoms with van der Waals surface area (Å²) in [7, 11) is 0. The Labute approximate surface area is 138 Å². The van der Waals surface area contributed by atoms with E-state index in [1.165, 1.54) is 11.3 Å². The number of rotatable bonds is 4. The van der Waals surface area contributed by atoms with E-state index in [2.05, 4.69) is 20.6 Å². The molecule has 0 saturated carbocycles. The second-order valence-electron chi connectivity index (χ2n) is 5.10. The van der Waals surface area contributed by atoms with Crippen molar-refractivity contribution in [2.75, 3.05) is 10.6 Å². The number of hydrogen-bond acceptors (Lipinski definition) is 5. The number of nitrogens with one attached hydrogen (secondary N) is 2. The summed E-state index contributed by atoms with van der Waals surface area (Å²) in [4.78, 5) is 21.6. The Hall–Kier alpha value is -2.73. The van der Waals surface area contributed by atoms with Gasteiger partial charge in [-0.2, -0.15) is 0 Å². The minimum absolute atomic E-state index is 0.156. The van der Waals surface area contributed by atoms with Crippen molar-refractivity contribution in [1.29, 1.82) is 0 Å². The Balaban J connectivity index is 1.76. The highest BCUT2D eigenvalue weighted by atomic mass is 32.1. The molecule has 0 unspecified atom stereocenters. The number of carbonyl (C=O) groups is 1. The van der Waals surface area contributed by atoms with Crippen molar-refractivity contribution in [2.24, 2.45) is 0 Å². The number of carbonyl (C=O) groups excluding carboxylic acids is 1. The molecule has 0 saturated heterocycles. The SMILES string of the molecule is Cc1ccnc(Nc2nc(C)c(C(=O)Nc3ccccc3)s2)c1. The molecule has 0 atom stereocenters. The van der Waals surface area contributed by atoms with Gasteiger partial charge >= 0.3 is 0 Å². The fourth-order valence-electron chi connectivity index (χ4n) is 2.08. The van der Waals surface area contributed by atoms with Gasteiger partial charge in [0.15, 0.2) is 5.13 Å². The maximum atomic E-state index is 12.4. The molecule has 116 valence electrons. The molecule has 3 aromatic rings. The highest BCUT2D eigenvalue weighted by Crippen LogP contribution is 2.26. The zero-order valence-electron chi connectivity index (χ0n) is 12.8. The van der Waals surface area contributed by atoms with E-state index < -0.39 is 0 Å². The first-order valence-corrected chi connectivity index (χ1v) is 7.97. The van der Waals surface area contributed by atoms with Crippen molar-refractivity contribution >= 4 is 33.9 Å². The summed E-state index contributed by atoms with van der Waals surface area (Å²) in [6.07, 6.45) is 1.74. The average Bonchev–Trinajstić information content (AvgIpc) is 2.89. The van der Waals surface area contributed by atoms with E-state index in [9.17, 15) is 4.79 Å². The zero-order valence-corrected chi connectivity index (χ0v) is 13.6. The monoisotopic (exact) mass is 324 g/mol. The molecule has 1 amide bonds. The normalized spacial score (nSPS) is 10.3. The van der Waals surface area contributed by atoms with Gasteiger partial charge in [0.05, 0.1) is 5.69 Å². The van der Waals surface area contributed by atoms with Gasteiger partial charge in [0, 0.05) is 11.9 Å². The van der Waals surface area contributed by atoms with Crippen LogP contribution in [0.4, 0.5) is 16.6 Å². The van der Waals surface area contributed by atoms with Crippen LogP contribution in [0.3, 0.4) is 0 Å². The molecule has 1 aromatic carbocycles. The lowest BCUT2D eigenvalue weighted by molar-refractivity contribution is 0.103. The first-order valence-electron chi connectivity index (χ1n) is 7.15. The fraction of sp³-hybridized carbons (Fsp3) is 0.118. The van der Waals surface area contributed by atoms with Crippen LogP contribution in [0, 0.1) is 13.8 Å². The molecule has 3 rings (SSSR count). The maximum absolute atomic E-state index is 12.4. The summed E-state index contributed by atoms with van der Waals surface area (Å²) >= 11 is 1.31. The summed E-state index contributed by atoms with van der Waals surface area (Å²) in [5, 5.41) is 6.67. The zero-order chi connectivity index (χ0) is 16.2. The lowest BCUT2D eigenvalue weighted by atomic mass is 10.3. The van der Waals surface area contributed by atoms with Gasteiger partial charge in [0.1, 0.15) is 10.7 Å². The molecule has 0 radical (unpaired) electrons. The number of pyridine rings is 1. The molecule has 0 spiro atoms. The molecule has 2 aromatic heterocycles. The largest absolute Gasteiger partial charge is 0.321 e. The highest BCUT2D eigenvalue weighted by Gasteiger charge is 2.15. The summed E-state index contributed by atoms with van der Waals surface area (Å²) in [5.41, 5.74) is 2.57. The van der Waals surface area contributed by atoms with Crippen LogP contribution >= 0.6 is 11.3 Å². The molecular weight excluding hydrogens is 308 g/mol. The minimum atomic E-state index is -0.156. The van der Waals surface area contributed by atoms with Crippen LogP contribution in [0.1, 0.15) is 20.9 Å². The van der Waals surface area contributed by atoms with Gasteiger partial charge < -0.3 is 10.6 Å². The van der Waals surface area contributed by atoms with Crippen molar-refractivity contribution < 1.29 is 4.79 Å². The Kier molecular flexibility index (Phi) is 4.34. The van der Waals surface area contributed by atoms with E-state index in [-0.39, 0.29) is 5.91 Å². The van der Waals surface area contributed by atoms with Gasteiger partial charge in [-0.25, -0.2) is 9.97 Å². The topological polar surface area (TPSA) is 66.9 Å². The van der Waals surface area contributed by atoms with Crippen LogP contribution in [0.5, 0.6) is 0 Å². The number of benzene rings is 1. The molecule has 0 fully saturated rings. The smallest absolute Gasteiger partial charge is 0.267 e. The Bertz CT molecular complexity index is 830.